The zero-order chi connectivity index (χ0) is 22.8. The standard InChI is InChI=1S/C22H44O5Si2/c1-16-13-17(14-19(23)24-8)26-18(15-25-28(9,10)21(2,3)4)20(16)27-29(11,12)22(5,6)7/h17-18,20H,1,13-15H2,2-12H3/t17-,18+,20-/m0/s1. The van der Waals surface area contributed by atoms with Crippen molar-refractivity contribution in [3.8, 4) is 0 Å². The maximum atomic E-state index is 11.8. The predicted molar refractivity (Wildman–Crippen MR) is 124 cm³/mol. The summed E-state index contributed by atoms with van der Waals surface area (Å²) in [5.41, 5.74) is 0.985. The first kappa shape index (κ1) is 26.6. The van der Waals surface area contributed by atoms with Gasteiger partial charge in [0.25, 0.3) is 0 Å². The van der Waals surface area contributed by atoms with Crippen molar-refractivity contribution in [1.29, 1.82) is 0 Å². The molecule has 1 rings (SSSR count). The van der Waals surface area contributed by atoms with Crippen LogP contribution in [0.5, 0.6) is 0 Å². The van der Waals surface area contributed by atoms with Crippen molar-refractivity contribution in [3.05, 3.63) is 12.2 Å². The molecule has 1 heterocycles. The zero-order valence-electron chi connectivity index (χ0n) is 20.6. The predicted octanol–water partition coefficient (Wildman–Crippen LogP) is 5.68. The first-order valence-electron chi connectivity index (χ1n) is 10.6. The molecule has 29 heavy (non-hydrogen) atoms. The van der Waals surface area contributed by atoms with Crippen molar-refractivity contribution in [2.45, 2.75) is 109 Å². The highest BCUT2D eigenvalue weighted by Gasteiger charge is 2.45. The lowest BCUT2D eigenvalue weighted by molar-refractivity contribution is -0.150. The fourth-order valence-electron chi connectivity index (χ4n) is 2.71. The van der Waals surface area contributed by atoms with Crippen molar-refractivity contribution in [2.75, 3.05) is 13.7 Å². The number of hydrogen-bond acceptors (Lipinski definition) is 5. The van der Waals surface area contributed by atoms with Crippen molar-refractivity contribution < 1.29 is 23.1 Å². The number of rotatable bonds is 7. The Morgan fingerprint density at radius 3 is 2.03 bits per heavy atom. The second kappa shape index (κ2) is 9.34. The molecule has 0 aromatic heterocycles. The van der Waals surface area contributed by atoms with E-state index in [1.165, 1.54) is 7.11 Å². The molecular weight excluding hydrogens is 400 g/mol. The molecule has 0 saturated carbocycles. The van der Waals surface area contributed by atoms with Gasteiger partial charge in [-0.15, -0.1) is 0 Å². The highest BCUT2D eigenvalue weighted by atomic mass is 28.4. The van der Waals surface area contributed by atoms with Crippen LogP contribution in [0.4, 0.5) is 0 Å². The summed E-state index contributed by atoms with van der Waals surface area (Å²) >= 11 is 0. The van der Waals surface area contributed by atoms with Gasteiger partial charge in [-0.2, -0.15) is 0 Å². The van der Waals surface area contributed by atoms with Gasteiger partial charge in [0, 0.05) is 0 Å². The Bertz CT molecular complexity index is 587. The molecule has 0 amide bonds. The molecule has 0 aromatic carbocycles. The van der Waals surface area contributed by atoms with E-state index in [9.17, 15) is 4.79 Å². The van der Waals surface area contributed by atoms with Crippen LogP contribution in [-0.2, 0) is 23.1 Å². The second-order valence-corrected chi connectivity index (χ2v) is 20.9. The molecule has 0 bridgehead atoms. The number of methoxy groups -OCH3 is 1. The largest absolute Gasteiger partial charge is 0.469 e. The quantitative estimate of drug-likeness (QED) is 0.287. The number of esters is 1. The van der Waals surface area contributed by atoms with Crippen LogP contribution in [0.2, 0.25) is 36.3 Å². The molecule has 1 aliphatic rings. The topological polar surface area (TPSA) is 54.0 Å². The molecule has 5 nitrogen and oxygen atoms in total. The summed E-state index contributed by atoms with van der Waals surface area (Å²) in [6.07, 6.45) is 0.0927. The average Bonchev–Trinajstić information content (AvgIpc) is 2.53. The summed E-state index contributed by atoms with van der Waals surface area (Å²) in [5, 5.41) is 0.195. The van der Waals surface area contributed by atoms with E-state index in [0.717, 1.165) is 5.57 Å². The van der Waals surface area contributed by atoms with E-state index < -0.39 is 16.6 Å². The Kier molecular flexibility index (Phi) is 8.56. The third-order valence-electron chi connectivity index (χ3n) is 6.86. The molecule has 0 aromatic rings. The molecule has 0 unspecified atom stereocenters. The van der Waals surface area contributed by atoms with Crippen molar-refractivity contribution in [2.24, 2.45) is 0 Å². The molecule has 1 aliphatic heterocycles. The maximum absolute atomic E-state index is 11.8. The van der Waals surface area contributed by atoms with E-state index in [1.54, 1.807) is 0 Å². The molecule has 170 valence electrons. The van der Waals surface area contributed by atoms with Crippen molar-refractivity contribution in [1.82, 2.24) is 0 Å². The van der Waals surface area contributed by atoms with Gasteiger partial charge in [0.05, 0.1) is 32.3 Å². The van der Waals surface area contributed by atoms with E-state index in [1.807, 2.05) is 0 Å². The van der Waals surface area contributed by atoms with E-state index in [4.69, 9.17) is 18.3 Å². The molecule has 3 atom stereocenters. The first-order chi connectivity index (χ1) is 12.9. The van der Waals surface area contributed by atoms with Gasteiger partial charge in [-0.05, 0) is 48.3 Å². The van der Waals surface area contributed by atoms with E-state index in [-0.39, 0.29) is 40.8 Å². The van der Waals surface area contributed by atoms with Crippen molar-refractivity contribution in [3.63, 3.8) is 0 Å². The minimum Gasteiger partial charge on any atom is -0.469 e. The Balaban J connectivity index is 3.07. The van der Waals surface area contributed by atoms with Crippen LogP contribution in [0.25, 0.3) is 0 Å². The molecule has 0 N–H and O–H groups in total. The molecule has 0 spiro atoms. The lowest BCUT2D eigenvalue weighted by Crippen LogP contribution is -2.54. The minimum atomic E-state index is -2.03. The van der Waals surface area contributed by atoms with Crippen LogP contribution in [0.1, 0.15) is 54.4 Å². The second-order valence-electron chi connectivity index (χ2n) is 11.3. The SMILES string of the molecule is C=C1C[C@@H](CC(=O)OC)O[C@H](CO[Si](C)(C)C(C)(C)C)[C@H]1O[Si](C)(C)C(C)(C)C. The number of carbonyl (C=O) groups is 1. The summed E-state index contributed by atoms with van der Waals surface area (Å²) in [5.74, 6) is -0.268. The highest BCUT2D eigenvalue weighted by molar-refractivity contribution is 6.74. The van der Waals surface area contributed by atoms with Gasteiger partial charge in [0.2, 0.25) is 0 Å². The van der Waals surface area contributed by atoms with E-state index in [2.05, 4.69) is 74.3 Å². The van der Waals surface area contributed by atoms with Crippen LogP contribution in [0.15, 0.2) is 12.2 Å². The van der Waals surface area contributed by atoms with E-state index in [0.29, 0.717) is 13.0 Å². The Morgan fingerprint density at radius 2 is 1.59 bits per heavy atom. The van der Waals surface area contributed by atoms with Gasteiger partial charge in [-0.25, -0.2) is 0 Å². The van der Waals surface area contributed by atoms with Gasteiger partial charge in [-0.1, -0.05) is 48.1 Å². The van der Waals surface area contributed by atoms with Crippen LogP contribution < -0.4 is 0 Å². The molecular formula is C22H44O5Si2. The highest BCUT2D eigenvalue weighted by Crippen LogP contribution is 2.41. The van der Waals surface area contributed by atoms with Crippen LogP contribution >= 0.6 is 0 Å². The van der Waals surface area contributed by atoms with Crippen LogP contribution in [0.3, 0.4) is 0 Å². The third-order valence-corrected chi connectivity index (χ3v) is 15.8. The monoisotopic (exact) mass is 444 g/mol. The van der Waals surface area contributed by atoms with Gasteiger partial charge in [-0.3, -0.25) is 4.79 Å². The van der Waals surface area contributed by atoms with Gasteiger partial charge in [0.15, 0.2) is 16.6 Å². The molecule has 0 radical (unpaired) electrons. The Labute approximate surface area is 180 Å². The number of carbonyl (C=O) groups excluding carboxylic acids is 1. The summed E-state index contributed by atoms with van der Waals surface area (Å²) < 4.78 is 24.4. The number of ether oxygens (including phenoxy) is 2. The van der Waals surface area contributed by atoms with Gasteiger partial charge in [0.1, 0.15) is 6.10 Å². The Hall–Kier alpha value is -0.476. The van der Waals surface area contributed by atoms with Crippen LogP contribution in [-0.4, -0.2) is 54.6 Å². The maximum Gasteiger partial charge on any atom is 0.308 e. The van der Waals surface area contributed by atoms with Crippen molar-refractivity contribution >= 4 is 22.6 Å². The smallest absolute Gasteiger partial charge is 0.308 e. The summed E-state index contributed by atoms with van der Waals surface area (Å²) in [7, 11) is -2.56. The number of hydrogen-bond donors (Lipinski definition) is 0. The molecule has 0 aliphatic carbocycles. The lowest BCUT2D eigenvalue weighted by Gasteiger charge is -2.46. The molecule has 1 fully saturated rings. The van der Waals surface area contributed by atoms with Gasteiger partial charge >= 0.3 is 5.97 Å². The lowest BCUT2D eigenvalue weighted by atomic mass is 9.95. The molecule has 7 heteroatoms. The fraction of sp³-hybridized carbons (Fsp3) is 0.864. The normalized spacial score (nSPS) is 24.5. The fourth-order valence-corrected chi connectivity index (χ4v) is 5.04. The molecule has 1 saturated heterocycles. The first-order valence-corrected chi connectivity index (χ1v) is 16.4. The average molecular weight is 445 g/mol. The Morgan fingerprint density at radius 1 is 1.07 bits per heavy atom. The summed E-state index contributed by atoms with van der Waals surface area (Å²) in [6, 6.07) is 0. The van der Waals surface area contributed by atoms with Crippen LogP contribution in [0, 0.1) is 0 Å². The zero-order valence-corrected chi connectivity index (χ0v) is 22.6. The van der Waals surface area contributed by atoms with Gasteiger partial charge < -0.3 is 18.3 Å². The van der Waals surface area contributed by atoms with E-state index >= 15 is 0 Å². The third kappa shape index (κ3) is 7.02. The summed E-state index contributed by atoms with van der Waals surface area (Å²) in [6.45, 7) is 27.1. The minimum absolute atomic E-state index is 0.0843. The summed E-state index contributed by atoms with van der Waals surface area (Å²) in [4.78, 5) is 11.8.